The molecule has 0 fully saturated rings. The molecule has 22 heavy (non-hydrogen) atoms. The van der Waals surface area contributed by atoms with Gasteiger partial charge in [0.05, 0.1) is 5.41 Å². The lowest BCUT2D eigenvalue weighted by Crippen LogP contribution is -2.48. The first kappa shape index (κ1) is 15.7. The van der Waals surface area contributed by atoms with Crippen molar-refractivity contribution in [3.05, 3.63) is 96.1 Å². The number of alkyl halides is 2. The molecule has 110 valence electrons. The Morgan fingerprint density at radius 3 is 2.00 bits per heavy atom. The van der Waals surface area contributed by atoms with Gasteiger partial charge in [0.1, 0.15) is 3.78 Å². The minimum Gasteiger partial charge on any atom is -0.100 e. The van der Waals surface area contributed by atoms with Gasteiger partial charge < -0.3 is 0 Å². The van der Waals surface area contributed by atoms with Gasteiger partial charge >= 0.3 is 0 Å². The standard InChI is InChI=1S/C19H14BrClS/c20-19(21)14-8-7-13-18(19,16-11-5-2-6-12-16)17(22)15-9-3-1-4-10-15/h1-14H. The summed E-state index contributed by atoms with van der Waals surface area (Å²) in [6.07, 6.45) is 7.97. The van der Waals surface area contributed by atoms with Gasteiger partial charge in [-0.25, -0.2) is 0 Å². The highest BCUT2D eigenvalue weighted by molar-refractivity contribution is 9.10. The zero-order valence-corrected chi connectivity index (χ0v) is 14.9. The van der Waals surface area contributed by atoms with Crippen molar-refractivity contribution in [1.29, 1.82) is 0 Å². The lowest BCUT2D eigenvalue weighted by atomic mass is 9.70. The maximum atomic E-state index is 6.87. The van der Waals surface area contributed by atoms with E-state index in [1.807, 2.05) is 66.8 Å². The summed E-state index contributed by atoms with van der Waals surface area (Å²) in [7, 11) is 0. The number of halogens is 2. The van der Waals surface area contributed by atoms with Crippen LogP contribution in [0.3, 0.4) is 0 Å². The fourth-order valence-electron chi connectivity index (χ4n) is 2.78. The lowest BCUT2D eigenvalue weighted by Gasteiger charge is -2.42. The topological polar surface area (TPSA) is 0 Å². The Morgan fingerprint density at radius 2 is 1.41 bits per heavy atom. The van der Waals surface area contributed by atoms with E-state index in [2.05, 4.69) is 34.1 Å². The van der Waals surface area contributed by atoms with E-state index in [9.17, 15) is 0 Å². The smallest absolute Gasteiger partial charge is 0.100 e. The van der Waals surface area contributed by atoms with Crippen molar-refractivity contribution in [3.63, 3.8) is 0 Å². The fourth-order valence-corrected chi connectivity index (χ4v) is 4.51. The third kappa shape index (κ3) is 2.50. The van der Waals surface area contributed by atoms with Crippen molar-refractivity contribution in [2.45, 2.75) is 9.20 Å². The molecular formula is C19H14BrClS. The van der Waals surface area contributed by atoms with Crippen molar-refractivity contribution < 1.29 is 0 Å². The Bertz CT molecular complexity index is 735. The first-order valence-electron chi connectivity index (χ1n) is 6.98. The number of hydrogen-bond donors (Lipinski definition) is 0. The van der Waals surface area contributed by atoms with Gasteiger partial charge in [0.2, 0.25) is 0 Å². The van der Waals surface area contributed by atoms with E-state index >= 15 is 0 Å². The highest BCUT2D eigenvalue weighted by Crippen LogP contribution is 2.51. The lowest BCUT2D eigenvalue weighted by molar-refractivity contribution is 0.708. The molecule has 1 aliphatic rings. The summed E-state index contributed by atoms with van der Waals surface area (Å²) in [5.74, 6) is 0. The molecule has 2 aromatic carbocycles. The van der Waals surface area contributed by atoms with E-state index < -0.39 is 9.20 Å². The molecule has 2 aromatic rings. The number of rotatable bonds is 3. The molecule has 0 N–H and O–H groups in total. The summed E-state index contributed by atoms with van der Waals surface area (Å²) in [4.78, 5) is 0.798. The van der Waals surface area contributed by atoms with Crippen LogP contribution in [0.25, 0.3) is 0 Å². The predicted molar refractivity (Wildman–Crippen MR) is 102 cm³/mol. The maximum Gasteiger partial charge on any atom is 0.135 e. The zero-order valence-electron chi connectivity index (χ0n) is 11.7. The summed E-state index contributed by atoms with van der Waals surface area (Å²) in [5.41, 5.74) is 1.45. The molecule has 0 aliphatic heterocycles. The Hall–Kier alpha value is -1.22. The van der Waals surface area contributed by atoms with Gasteiger partial charge in [-0.1, -0.05) is 113 Å². The second-order valence-electron chi connectivity index (χ2n) is 5.21. The largest absolute Gasteiger partial charge is 0.135 e. The first-order chi connectivity index (χ1) is 10.6. The molecular weight excluding hydrogens is 376 g/mol. The second kappa shape index (κ2) is 6.11. The first-order valence-corrected chi connectivity index (χ1v) is 8.56. The van der Waals surface area contributed by atoms with Gasteiger partial charge in [0.15, 0.2) is 0 Å². The third-order valence-electron chi connectivity index (χ3n) is 3.91. The SMILES string of the molecule is S=C(c1ccccc1)C1(c2ccccc2)C=CC=CC1(Cl)Br. The molecule has 0 saturated carbocycles. The van der Waals surface area contributed by atoms with Crippen LogP contribution < -0.4 is 0 Å². The van der Waals surface area contributed by atoms with Crippen LogP contribution in [0.4, 0.5) is 0 Å². The molecule has 3 heteroatoms. The fraction of sp³-hybridized carbons (Fsp3) is 0.105. The van der Waals surface area contributed by atoms with Crippen LogP contribution >= 0.6 is 39.7 Å². The normalized spacial score (nSPS) is 26.8. The van der Waals surface area contributed by atoms with Crippen LogP contribution in [0.1, 0.15) is 11.1 Å². The average Bonchev–Trinajstić information content (AvgIpc) is 2.56. The van der Waals surface area contributed by atoms with E-state index in [-0.39, 0.29) is 0 Å². The molecule has 0 spiro atoms. The summed E-state index contributed by atoms with van der Waals surface area (Å²) in [6, 6.07) is 20.2. The van der Waals surface area contributed by atoms with Gasteiger partial charge in [-0.05, 0) is 11.1 Å². The van der Waals surface area contributed by atoms with Crippen molar-refractivity contribution in [2.75, 3.05) is 0 Å². The maximum absolute atomic E-state index is 6.87. The highest BCUT2D eigenvalue weighted by Gasteiger charge is 2.51. The Balaban J connectivity index is 2.23. The minimum absolute atomic E-state index is 0.624. The monoisotopic (exact) mass is 388 g/mol. The summed E-state index contributed by atoms with van der Waals surface area (Å²) in [5, 5.41) is 0. The number of benzene rings is 2. The molecule has 3 rings (SSSR count). The van der Waals surface area contributed by atoms with Crippen LogP contribution in [-0.2, 0) is 5.41 Å². The molecule has 0 nitrogen and oxygen atoms in total. The summed E-state index contributed by atoms with van der Waals surface area (Å²) in [6.45, 7) is 0. The molecule has 0 bridgehead atoms. The van der Waals surface area contributed by atoms with Crippen molar-refractivity contribution in [2.24, 2.45) is 0 Å². The molecule has 2 atom stereocenters. The summed E-state index contributed by atoms with van der Waals surface area (Å²) < 4.78 is -0.803. The third-order valence-corrected chi connectivity index (χ3v) is 5.78. The Labute approximate surface area is 149 Å². The summed E-state index contributed by atoms with van der Waals surface area (Å²) >= 11 is 16.4. The molecule has 1 aliphatic carbocycles. The van der Waals surface area contributed by atoms with Crippen LogP contribution in [0, 0.1) is 0 Å². The van der Waals surface area contributed by atoms with Crippen LogP contribution in [0.15, 0.2) is 85.0 Å². The van der Waals surface area contributed by atoms with E-state index in [0.717, 1.165) is 16.0 Å². The predicted octanol–water partition coefficient (Wildman–Crippen LogP) is 5.80. The van der Waals surface area contributed by atoms with Crippen LogP contribution in [0.2, 0.25) is 0 Å². The molecule has 0 saturated heterocycles. The van der Waals surface area contributed by atoms with Crippen molar-refractivity contribution in [1.82, 2.24) is 0 Å². The molecule has 0 heterocycles. The van der Waals surface area contributed by atoms with E-state index in [4.69, 9.17) is 23.8 Å². The van der Waals surface area contributed by atoms with Gasteiger partial charge in [-0.15, -0.1) is 11.6 Å². The highest BCUT2D eigenvalue weighted by atomic mass is 79.9. The Kier molecular flexibility index (Phi) is 4.35. The number of allylic oxidation sites excluding steroid dienone is 4. The number of thiocarbonyl (C=S) groups is 1. The molecule has 0 amide bonds. The molecule has 2 unspecified atom stereocenters. The Morgan fingerprint density at radius 1 is 0.864 bits per heavy atom. The van der Waals surface area contributed by atoms with Gasteiger partial charge in [-0.3, -0.25) is 0 Å². The zero-order chi connectivity index (χ0) is 15.6. The van der Waals surface area contributed by atoms with Crippen LogP contribution in [-0.4, -0.2) is 8.65 Å². The van der Waals surface area contributed by atoms with E-state index in [0.29, 0.717) is 0 Å². The van der Waals surface area contributed by atoms with Crippen molar-refractivity contribution in [3.8, 4) is 0 Å². The molecule has 0 aromatic heterocycles. The quantitative estimate of drug-likeness (QED) is 0.363. The van der Waals surface area contributed by atoms with E-state index in [1.54, 1.807) is 0 Å². The molecule has 0 radical (unpaired) electrons. The number of hydrogen-bond acceptors (Lipinski definition) is 1. The van der Waals surface area contributed by atoms with Crippen LogP contribution in [0.5, 0.6) is 0 Å². The second-order valence-corrected chi connectivity index (χ2v) is 7.92. The minimum atomic E-state index is -0.803. The van der Waals surface area contributed by atoms with Gasteiger partial charge in [0, 0.05) is 4.86 Å². The van der Waals surface area contributed by atoms with Gasteiger partial charge in [0.25, 0.3) is 0 Å². The average molecular weight is 390 g/mol. The van der Waals surface area contributed by atoms with E-state index in [1.165, 1.54) is 0 Å². The van der Waals surface area contributed by atoms with Gasteiger partial charge in [-0.2, -0.15) is 0 Å². The van der Waals surface area contributed by atoms with Crippen molar-refractivity contribution >= 4 is 44.6 Å².